The van der Waals surface area contributed by atoms with Crippen molar-refractivity contribution >= 4 is 0 Å². The fourth-order valence-corrected chi connectivity index (χ4v) is 3.77. The number of benzene rings is 2. The van der Waals surface area contributed by atoms with Crippen LogP contribution in [-0.2, 0) is 12.0 Å². The van der Waals surface area contributed by atoms with E-state index in [9.17, 15) is 0 Å². The molecule has 2 nitrogen and oxygen atoms in total. The molecule has 1 heterocycles. The summed E-state index contributed by atoms with van der Waals surface area (Å²) in [5, 5.41) is 0. The number of hydrogen-bond acceptors (Lipinski definition) is 1. The van der Waals surface area contributed by atoms with Gasteiger partial charge in [0.15, 0.2) is 5.69 Å². The Hall–Kier alpha value is -2.74. The minimum absolute atomic E-state index is 0.0485. The van der Waals surface area contributed by atoms with Crippen LogP contribution in [0.25, 0.3) is 22.5 Å². The molecule has 138 valence electrons. The maximum Gasteiger partial charge on any atom is 0.287 e. The summed E-state index contributed by atoms with van der Waals surface area (Å²) < 4.78 is 2.22. The molecule has 3 rings (SSSR count). The van der Waals surface area contributed by atoms with Crippen LogP contribution in [0.3, 0.4) is 0 Å². The van der Waals surface area contributed by atoms with Crippen LogP contribution in [-0.4, -0.2) is 4.98 Å². The third-order valence-corrected chi connectivity index (χ3v) is 5.37. The van der Waals surface area contributed by atoms with E-state index in [4.69, 9.17) is 4.98 Å². The molecule has 1 unspecified atom stereocenters. The lowest BCUT2D eigenvalue weighted by molar-refractivity contribution is -0.685. The van der Waals surface area contributed by atoms with Crippen LogP contribution < -0.4 is 4.57 Å². The zero-order valence-corrected chi connectivity index (χ0v) is 16.7. The van der Waals surface area contributed by atoms with Crippen molar-refractivity contribution in [2.24, 2.45) is 0 Å². The number of rotatable bonds is 7. The molecule has 27 heavy (non-hydrogen) atoms. The zero-order chi connectivity index (χ0) is 19.3. The summed E-state index contributed by atoms with van der Waals surface area (Å²) >= 11 is 0. The molecule has 1 atom stereocenters. The predicted molar refractivity (Wildman–Crippen MR) is 113 cm³/mol. The van der Waals surface area contributed by atoms with Gasteiger partial charge in [-0.25, -0.2) is 4.57 Å². The highest BCUT2D eigenvalue weighted by Gasteiger charge is 2.27. The van der Waals surface area contributed by atoms with Gasteiger partial charge in [-0.15, -0.1) is 6.58 Å². The highest BCUT2D eigenvalue weighted by Crippen LogP contribution is 2.37. The molecule has 0 saturated carbocycles. The quantitative estimate of drug-likeness (QED) is 0.376. The average Bonchev–Trinajstić information content (AvgIpc) is 2.74. The van der Waals surface area contributed by atoms with Gasteiger partial charge in [0.25, 0.3) is 6.33 Å². The number of aromatic nitrogens is 2. The highest BCUT2D eigenvalue weighted by molar-refractivity contribution is 5.69. The van der Waals surface area contributed by atoms with Crippen LogP contribution in [0.4, 0.5) is 0 Å². The maximum absolute atomic E-state index is 4.70. The van der Waals surface area contributed by atoms with Gasteiger partial charge >= 0.3 is 0 Å². The molecule has 0 saturated heterocycles. The molecule has 0 aliphatic carbocycles. The summed E-state index contributed by atoms with van der Waals surface area (Å²) in [5.74, 6) is 0. The summed E-state index contributed by atoms with van der Waals surface area (Å²) in [6.07, 6.45) is 6.26. The zero-order valence-electron chi connectivity index (χ0n) is 16.7. The van der Waals surface area contributed by atoms with Gasteiger partial charge in [-0.2, -0.15) is 0 Å². The standard InChI is InChI=1S/C25H29N2/c1-5-17-25(4,6-2)22-16-12-11-15-21(22)24-18-23(26-19-27(24)7-3)20-13-9-8-10-14-20/h6,8-16,18-19H,2,5,7,17H2,1,3-4H3/q+1. The van der Waals surface area contributed by atoms with Gasteiger partial charge in [0.05, 0.1) is 6.54 Å². The third kappa shape index (κ3) is 3.85. The van der Waals surface area contributed by atoms with Crippen LogP contribution in [0.2, 0.25) is 0 Å². The molecule has 0 bridgehead atoms. The topological polar surface area (TPSA) is 16.8 Å². The summed E-state index contributed by atoms with van der Waals surface area (Å²) in [6, 6.07) is 21.3. The second-order valence-corrected chi connectivity index (χ2v) is 7.23. The van der Waals surface area contributed by atoms with Crippen LogP contribution in [0.15, 0.2) is 79.6 Å². The third-order valence-electron chi connectivity index (χ3n) is 5.37. The molecule has 0 amide bonds. The molecule has 0 aliphatic heterocycles. The molecular formula is C25H29N2+. The Morgan fingerprint density at radius 1 is 1.04 bits per heavy atom. The van der Waals surface area contributed by atoms with Crippen molar-refractivity contribution in [1.82, 2.24) is 4.98 Å². The molecule has 2 aromatic carbocycles. The fraction of sp³-hybridized carbons (Fsp3) is 0.280. The summed E-state index contributed by atoms with van der Waals surface area (Å²) in [6.45, 7) is 11.7. The van der Waals surface area contributed by atoms with E-state index in [0.29, 0.717) is 0 Å². The fourth-order valence-electron chi connectivity index (χ4n) is 3.77. The molecular weight excluding hydrogens is 328 g/mol. The van der Waals surface area contributed by atoms with Crippen LogP contribution in [0, 0.1) is 0 Å². The van der Waals surface area contributed by atoms with E-state index in [-0.39, 0.29) is 5.41 Å². The molecule has 3 aromatic rings. The normalized spacial score (nSPS) is 13.1. The first kappa shape index (κ1) is 19.0. The molecule has 0 N–H and O–H groups in total. The lowest BCUT2D eigenvalue weighted by Crippen LogP contribution is -2.36. The Kier molecular flexibility index (Phi) is 5.85. The summed E-state index contributed by atoms with van der Waals surface area (Å²) in [7, 11) is 0. The summed E-state index contributed by atoms with van der Waals surface area (Å²) in [4.78, 5) is 4.70. The van der Waals surface area contributed by atoms with Crippen LogP contribution in [0.5, 0.6) is 0 Å². The van der Waals surface area contributed by atoms with Gasteiger partial charge in [0, 0.05) is 22.6 Å². The molecule has 0 spiro atoms. The minimum Gasteiger partial charge on any atom is -0.230 e. The minimum atomic E-state index is -0.0485. The van der Waals surface area contributed by atoms with Gasteiger partial charge < -0.3 is 0 Å². The average molecular weight is 358 g/mol. The highest BCUT2D eigenvalue weighted by atomic mass is 15.0. The second-order valence-electron chi connectivity index (χ2n) is 7.23. The lowest BCUT2D eigenvalue weighted by Gasteiger charge is -2.28. The van der Waals surface area contributed by atoms with E-state index in [1.807, 2.05) is 12.4 Å². The van der Waals surface area contributed by atoms with Crippen molar-refractivity contribution in [3.05, 3.63) is 85.2 Å². The Morgan fingerprint density at radius 3 is 2.41 bits per heavy atom. The predicted octanol–water partition coefficient (Wildman–Crippen LogP) is 5.97. The van der Waals surface area contributed by atoms with Gasteiger partial charge in [-0.05, 0) is 23.9 Å². The van der Waals surface area contributed by atoms with Crippen molar-refractivity contribution in [1.29, 1.82) is 0 Å². The van der Waals surface area contributed by atoms with Crippen LogP contribution in [0.1, 0.15) is 39.2 Å². The van der Waals surface area contributed by atoms with Crippen molar-refractivity contribution in [3.63, 3.8) is 0 Å². The number of allylic oxidation sites excluding steroid dienone is 1. The number of nitrogens with zero attached hydrogens (tertiary/aromatic N) is 2. The Labute approximate surface area is 163 Å². The Bertz CT molecular complexity index is 915. The Morgan fingerprint density at radius 2 is 1.74 bits per heavy atom. The monoisotopic (exact) mass is 357 g/mol. The van der Waals surface area contributed by atoms with E-state index < -0.39 is 0 Å². The maximum atomic E-state index is 4.70. The molecule has 2 heteroatoms. The van der Waals surface area contributed by atoms with Crippen LogP contribution >= 0.6 is 0 Å². The largest absolute Gasteiger partial charge is 0.287 e. The van der Waals surface area contributed by atoms with Gasteiger partial charge in [-0.1, -0.05) is 80.9 Å². The number of aryl methyl sites for hydroxylation is 1. The SMILES string of the molecule is C=CC(C)(CCC)c1ccccc1-c1cc(-c2ccccc2)nc[n+]1CC. The Balaban J connectivity index is 2.21. The van der Waals surface area contributed by atoms with E-state index in [1.165, 1.54) is 16.8 Å². The first-order valence-electron chi connectivity index (χ1n) is 9.81. The van der Waals surface area contributed by atoms with E-state index in [2.05, 4.69) is 92.6 Å². The van der Waals surface area contributed by atoms with Gasteiger partial charge in [0.2, 0.25) is 0 Å². The first-order chi connectivity index (χ1) is 13.1. The van der Waals surface area contributed by atoms with Gasteiger partial charge in [0.1, 0.15) is 5.69 Å². The van der Waals surface area contributed by atoms with Crippen molar-refractivity contribution in [2.75, 3.05) is 0 Å². The van der Waals surface area contributed by atoms with E-state index in [1.54, 1.807) is 0 Å². The second kappa shape index (κ2) is 8.30. The molecule has 0 fully saturated rings. The molecule has 0 aliphatic rings. The van der Waals surface area contributed by atoms with Crippen molar-refractivity contribution < 1.29 is 4.57 Å². The first-order valence-corrected chi connectivity index (χ1v) is 9.81. The molecule has 0 radical (unpaired) electrons. The lowest BCUT2D eigenvalue weighted by atomic mass is 9.76. The van der Waals surface area contributed by atoms with Gasteiger partial charge in [-0.3, -0.25) is 0 Å². The van der Waals surface area contributed by atoms with Crippen molar-refractivity contribution in [3.8, 4) is 22.5 Å². The molecule has 1 aromatic heterocycles. The van der Waals surface area contributed by atoms with Crippen molar-refractivity contribution in [2.45, 2.75) is 45.6 Å². The smallest absolute Gasteiger partial charge is 0.230 e. The van der Waals surface area contributed by atoms with E-state index in [0.717, 1.165) is 30.6 Å². The van der Waals surface area contributed by atoms with E-state index >= 15 is 0 Å². The number of hydrogen-bond donors (Lipinski definition) is 0. The summed E-state index contributed by atoms with van der Waals surface area (Å²) in [5.41, 5.74) is 5.88.